The molecule has 0 aliphatic heterocycles. The lowest BCUT2D eigenvalue weighted by Gasteiger charge is -2.14. The summed E-state index contributed by atoms with van der Waals surface area (Å²) < 4.78 is 0. The van der Waals surface area contributed by atoms with E-state index in [-0.39, 0.29) is 0 Å². The number of aromatic nitrogens is 2. The first-order valence-electron chi connectivity index (χ1n) is 6.59. The molecule has 0 spiro atoms. The first kappa shape index (κ1) is 14.7. The monoisotopic (exact) mass is 251 g/mol. The number of nitrogens with one attached hydrogen (secondary N) is 2. The number of nitrogens with zero attached hydrogens (tertiary/aromatic N) is 3. The molecule has 0 aromatic carbocycles. The summed E-state index contributed by atoms with van der Waals surface area (Å²) in [7, 11) is 6.08. The Hall–Kier alpha value is -1.36. The second-order valence-electron chi connectivity index (χ2n) is 4.63. The van der Waals surface area contributed by atoms with Gasteiger partial charge in [-0.2, -0.15) is 0 Å². The van der Waals surface area contributed by atoms with Gasteiger partial charge in [0.05, 0.1) is 0 Å². The fourth-order valence-corrected chi connectivity index (χ4v) is 1.87. The highest BCUT2D eigenvalue weighted by Gasteiger charge is 2.08. The average molecular weight is 251 g/mol. The van der Waals surface area contributed by atoms with E-state index in [1.54, 1.807) is 6.33 Å². The molecule has 18 heavy (non-hydrogen) atoms. The molecular weight excluding hydrogens is 226 g/mol. The summed E-state index contributed by atoms with van der Waals surface area (Å²) in [6, 6.07) is 0. The highest BCUT2D eigenvalue weighted by molar-refractivity contribution is 5.57. The molecule has 0 bridgehead atoms. The molecule has 0 aliphatic carbocycles. The number of hydrogen-bond donors (Lipinski definition) is 2. The highest BCUT2D eigenvalue weighted by atomic mass is 15.1. The fourth-order valence-electron chi connectivity index (χ4n) is 1.87. The predicted octanol–water partition coefficient (Wildman–Crippen LogP) is 1.83. The first-order chi connectivity index (χ1) is 8.69. The minimum absolute atomic E-state index is 0.932. The van der Waals surface area contributed by atoms with Gasteiger partial charge >= 0.3 is 0 Å². The first-order valence-corrected chi connectivity index (χ1v) is 6.59. The van der Waals surface area contributed by atoms with Crippen molar-refractivity contribution in [2.45, 2.75) is 26.2 Å². The third kappa shape index (κ3) is 4.49. The Morgan fingerprint density at radius 2 is 1.94 bits per heavy atom. The van der Waals surface area contributed by atoms with E-state index in [1.807, 2.05) is 7.05 Å². The topological polar surface area (TPSA) is 53.1 Å². The average Bonchev–Trinajstić information content (AvgIpc) is 2.36. The van der Waals surface area contributed by atoms with Gasteiger partial charge in [-0.3, -0.25) is 0 Å². The molecule has 102 valence electrons. The summed E-state index contributed by atoms with van der Waals surface area (Å²) in [5.41, 5.74) is 1.19. The van der Waals surface area contributed by atoms with Gasteiger partial charge in [0.1, 0.15) is 18.0 Å². The van der Waals surface area contributed by atoms with Crippen LogP contribution in [-0.2, 0) is 6.42 Å². The van der Waals surface area contributed by atoms with Crippen LogP contribution >= 0.6 is 0 Å². The van der Waals surface area contributed by atoms with Gasteiger partial charge in [-0.25, -0.2) is 9.97 Å². The van der Waals surface area contributed by atoms with Crippen molar-refractivity contribution in [1.29, 1.82) is 0 Å². The molecule has 0 fully saturated rings. The molecule has 1 aromatic heterocycles. The van der Waals surface area contributed by atoms with Crippen molar-refractivity contribution in [1.82, 2.24) is 14.9 Å². The number of hydrogen-bond acceptors (Lipinski definition) is 5. The van der Waals surface area contributed by atoms with Crippen molar-refractivity contribution in [3.05, 3.63) is 11.9 Å². The van der Waals surface area contributed by atoms with Crippen molar-refractivity contribution in [2.24, 2.45) is 0 Å². The van der Waals surface area contributed by atoms with Crippen molar-refractivity contribution >= 4 is 11.6 Å². The van der Waals surface area contributed by atoms with E-state index < -0.39 is 0 Å². The molecule has 1 rings (SSSR count). The lowest BCUT2D eigenvalue weighted by Crippen LogP contribution is -2.17. The van der Waals surface area contributed by atoms with Gasteiger partial charge in [0.25, 0.3) is 0 Å². The highest BCUT2D eigenvalue weighted by Crippen LogP contribution is 2.20. The molecule has 0 unspecified atom stereocenters. The summed E-state index contributed by atoms with van der Waals surface area (Å²) in [5, 5.41) is 6.54. The van der Waals surface area contributed by atoms with Gasteiger partial charge in [-0.15, -0.1) is 0 Å². The molecule has 0 amide bonds. The minimum atomic E-state index is 0.932. The standard InChI is InChI=1S/C13H25N5/c1-5-7-11-12(14-2)16-10-17-13(11)15-8-6-9-18(3)4/h10H,5-9H2,1-4H3,(H2,14,15,16,17). The molecule has 5 heteroatoms. The van der Waals surface area contributed by atoms with Crippen molar-refractivity contribution in [3.63, 3.8) is 0 Å². The molecule has 0 saturated carbocycles. The fraction of sp³-hybridized carbons (Fsp3) is 0.692. The largest absolute Gasteiger partial charge is 0.373 e. The van der Waals surface area contributed by atoms with Gasteiger partial charge in [-0.1, -0.05) is 13.3 Å². The molecule has 0 saturated heterocycles. The SMILES string of the molecule is CCCc1c(NC)ncnc1NCCCN(C)C. The summed E-state index contributed by atoms with van der Waals surface area (Å²) in [4.78, 5) is 10.8. The van der Waals surface area contributed by atoms with E-state index in [9.17, 15) is 0 Å². The van der Waals surface area contributed by atoms with E-state index in [4.69, 9.17) is 0 Å². The van der Waals surface area contributed by atoms with E-state index in [0.717, 1.165) is 44.0 Å². The third-order valence-electron chi connectivity index (χ3n) is 2.76. The number of anilines is 2. The molecular formula is C13H25N5. The van der Waals surface area contributed by atoms with E-state index in [0.29, 0.717) is 0 Å². The van der Waals surface area contributed by atoms with Crippen LogP contribution in [0.1, 0.15) is 25.3 Å². The summed E-state index contributed by atoms with van der Waals surface area (Å²) in [6.45, 7) is 4.19. The van der Waals surface area contributed by atoms with Gasteiger partial charge in [0.2, 0.25) is 0 Å². The Bertz CT molecular complexity index is 351. The molecule has 5 nitrogen and oxygen atoms in total. The zero-order chi connectivity index (χ0) is 13.4. The smallest absolute Gasteiger partial charge is 0.134 e. The van der Waals surface area contributed by atoms with E-state index in [2.05, 4.69) is 46.5 Å². The molecule has 0 radical (unpaired) electrons. The Labute approximate surface area is 110 Å². The Morgan fingerprint density at radius 1 is 1.22 bits per heavy atom. The van der Waals surface area contributed by atoms with Gasteiger partial charge in [0.15, 0.2) is 0 Å². The van der Waals surface area contributed by atoms with Crippen LogP contribution in [0.3, 0.4) is 0 Å². The predicted molar refractivity (Wildman–Crippen MR) is 77.2 cm³/mol. The Morgan fingerprint density at radius 3 is 2.56 bits per heavy atom. The molecule has 0 atom stereocenters. The van der Waals surface area contributed by atoms with Crippen molar-refractivity contribution < 1.29 is 0 Å². The lowest BCUT2D eigenvalue weighted by molar-refractivity contribution is 0.405. The second kappa shape index (κ2) is 7.87. The van der Waals surface area contributed by atoms with Crippen molar-refractivity contribution in [3.8, 4) is 0 Å². The van der Waals surface area contributed by atoms with Gasteiger partial charge < -0.3 is 15.5 Å². The van der Waals surface area contributed by atoms with E-state index >= 15 is 0 Å². The van der Waals surface area contributed by atoms with Crippen LogP contribution in [0.15, 0.2) is 6.33 Å². The summed E-state index contributed by atoms with van der Waals surface area (Å²) in [6.07, 6.45) is 4.80. The van der Waals surface area contributed by atoms with Crippen LogP contribution < -0.4 is 10.6 Å². The maximum absolute atomic E-state index is 4.35. The van der Waals surface area contributed by atoms with Crippen LogP contribution in [0.25, 0.3) is 0 Å². The Balaban J connectivity index is 2.63. The molecule has 0 aliphatic rings. The summed E-state index contributed by atoms with van der Waals surface area (Å²) in [5.74, 6) is 1.90. The zero-order valence-corrected chi connectivity index (χ0v) is 12.0. The van der Waals surface area contributed by atoms with Crippen LogP contribution in [0.2, 0.25) is 0 Å². The van der Waals surface area contributed by atoms with Crippen LogP contribution in [-0.4, -0.2) is 49.1 Å². The minimum Gasteiger partial charge on any atom is -0.373 e. The quantitative estimate of drug-likeness (QED) is 0.690. The number of rotatable bonds is 8. The lowest BCUT2D eigenvalue weighted by atomic mass is 10.1. The third-order valence-corrected chi connectivity index (χ3v) is 2.76. The van der Waals surface area contributed by atoms with E-state index in [1.165, 1.54) is 5.56 Å². The van der Waals surface area contributed by atoms with Crippen LogP contribution in [0, 0.1) is 0 Å². The maximum atomic E-state index is 4.35. The molecule has 1 heterocycles. The molecule has 2 N–H and O–H groups in total. The zero-order valence-electron chi connectivity index (χ0n) is 12.0. The Kier molecular flexibility index (Phi) is 6.43. The normalized spacial score (nSPS) is 10.7. The molecule has 1 aromatic rings. The summed E-state index contributed by atoms with van der Waals surface area (Å²) >= 11 is 0. The van der Waals surface area contributed by atoms with Crippen molar-refractivity contribution in [2.75, 3.05) is 44.9 Å². The van der Waals surface area contributed by atoms with Crippen LogP contribution in [0.5, 0.6) is 0 Å². The van der Waals surface area contributed by atoms with Gasteiger partial charge in [-0.05, 0) is 33.5 Å². The maximum Gasteiger partial charge on any atom is 0.134 e. The van der Waals surface area contributed by atoms with Gasteiger partial charge in [0, 0.05) is 19.2 Å². The van der Waals surface area contributed by atoms with Crippen LogP contribution in [0.4, 0.5) is 11.6 Å². The second-order valence-corrected chi connectivity index (χ2v) is 4.63.